The molecule has 5 nitrogen and oxygen atoms in total. The van der Waals surface area contributed by atoms with E-state index in [0.717, 1.165) is 33.9 Å². The molecule has 0 radical (unpaired) electrons. The third-order valence-electron chi connectivity index (χ3n) is 5.22. The highest BCUT2D eigenvalue weighted by Crippen LogP contribution is 2.23. The highest BCUT2D eigenvalue weighted by atomic mass is 16.2. The maximum absolute atomic E-state index is 12.1. The first-order valence-electron chi connectivity index (χ1n) is 9.87. The van der Waals surface area contributed by atoms with Crippen LogP contribution >= 0.6 is 0 Å². The number of carbonyl (C=O) groups excluding carboxylic acids is 1. The molecule has 150 valence electrons. The van der Waals surface area contributed by atoms with Crippen LogP contribution in [0.3, 0.4) is 0 Å². The fourth-order valence-electron chi connectivity index (χ4n) is 3.66. The maximum Gasteiger partial charge on any atom is 0.339 e. The normalized spacial score (nSPS) is 11.2. The molecule has 0 unspecified atom stereocenters. The molecule has 3 aromatic carbocycles. The van der Waals surface area contributed by atoms with Crippen LogP contribution in [0.5, 0.6) is 0 Å². The fourth-order valence-corrected chi connectivity index (χ4v) is 3.66. The van der Waals surface area contributed by atoms with E-state index in [1.807, 2.05) is 43.3 Å². The number of nitrogens with one attached hydrogen (secondary N) is 2. The molecule has 0 aliphatic carbocycles. The molecule has 0 bridgehead atoms. The summed E-state index contributed by atoms with van der Waals surface area (Å²) in [6.07, 6.45) is 1.68. The van der Waals surface area contributed by atoms with Crippen LogP contribution in [0, 0.1) is 20.8 Å². The van der Waals surface area contributed by atoms with Crippen LogP contribution in [-0.4, -0.2) is 16.8 Å². The van der Waals surface area contributed by atoms with Crippen LogP contribution in [-0.2, 0) is 0 Å². The van der Waals surface area contributed by atoms with Crippen molar-refractivity contribution in [2.24, 2.45) is 5.10 Å². The van der Waals surface area contributed by atoms with E-state index < -0.39 is 0 Å². The Morgan fingerprint density at radius 1 is 0.900 bits per heavy atom. The summed E-state index contributed by atoms with van der Waals surface area (Å²) in [4.78, 5) is 12.1. The van der Waals surface area contributed by atoms with Crippen LogP contribution in [0.25, 0.3) is 16.5 Å². The van der Waals surface area contributed by atoms with E-state index in [1.165, 1.54) is 10.8 Å². The number of hydrogen-bond donors (Lipinski definition) is 2. The van der Waals surface area contributed by atoms with Gasteiger partial charge in [0.1, 0.15) is 0 Å². The number of benzene rings is 3. The average Bonchev–Trinajstić information content (AvgIpc) is 3.02. The number of para-hydroxylation sites is 1. The van der Waals surface area contributed by atoms with Crippen molar-refractivity contribution in [2.45, 2.75) is 20.8 Å². The van der Waals surface area contributed by atoms with Gasteiger partial charge in [0.2, 0.25) is 0 Å². The van der Waals surface area contributed by atoms with Gasteiger partial charge in [0, 0.05) is 28.3 Å². The number of hydrazone groups is 1. The molecule has 0 fully saturated rings. The summed E-state index contributed by atoms with van der Waals surface area (Å²) in [5, 5.41) is 9.35. The highest BCUT2D eigenvalue weighted by molar-refractivity contribution is 5.91. The third kappa shape index (κ3) is 3.96. The Morgan fingerprint density at radius 2 is 1.63 bits per heavy atom. The van der Waals surface area contributed by atoms with Crippen LogP contribution in [0.15, 0.2) is 77.9 Å². The number of aromatic nitrogens is 1. The number of rotatable bonds is 4. The molecule has 0 saturated carbocycles. The van der Waals surface area contributed by atoms with Crippen LogP contribution in [0.4, 0.5) is 10.5 Å². The minimum Gasteiger partial charge on any atom is -0.318 e. The number of fused-ring (bicyclic) bond motifs is 1. The lowest BCUT2D eigenvalue weighted by Gasteiger charge is -2.11. The Labute approximate surface area is 176 Å². The quantitative estimate of drug-likeness (QED) is 0.337. The predicted molar refractivity (Wildman–Crippen MR) is 124 cm³/mol. The summed E-state index contributed by atoms with van der Waals surface area (Å²) in [6.45, 7) is 6.06. The molecule has 5 heteroatoms. The summed E-state index contributed by atoms with van der Waals surface area (Å²) >= 11 is 0. The maximum atomic E-state index is 12.1. The first-order chi connectivity index (χ1) is 14.5. The number of amides is 2. The molecule has 0 atom stereocenters. The molecule has 4 rings (SSSR count). The third-order valence-corrected chi connectivity index (χ3v) is 5.22. The Kier molecular flexibility index (Phi) is 5.35. The number of hydrogen-bond acceptors (Lipinski definition) is 2. The molecule has 0 saturated heterocycles. The number of urea groups is 1. The van der Waals surface area contributed by atoms with Gasteiger partial charge in [0.05, 0.1) is 6.21 Å². The van der Waals surface area contributed by atoms with Crippen LogP contribution in [0.1, 0.15) is 22.5 Å². The van der Waals surface area contributed by atoms with Crippen molar-refractivity contribution in [3.05, 3.63) is 95.3 Å². The Balaban J connectivity index is 1.51. The van der Waals surface area contributed by atoms with Gasteiger partial charge in [-0.1, -0.05) is 48.5 Å². The van der Waals surface area contributed by atoms with Gasteiger partial charge in [-0.25, -0.2) is 10.2 Å². The zero-order valence-electron chi connectivity index (χ0n) is 17.3. The minimum absolute atomic E-state index is 0.371. The lowest BCUT2D eigenvalue weighted by atomic mass is 10.1. The number of aryl methyl sites for hydroxylation is 2. The summed E-state index contributed by atoms with van der Waals surface area (Å²) in [5.74, 6) is 0. The standard InChI is InChI=1S/C25H24N4O/c1-17-8-4-7-11-24(17)27-25(30)28-26-16-22-14-18(2)29(19(22)3)23-13-12-20-9-5-6-10-21(20)15-23/h4-16H,1-3H3,(H2,27,28,30). The van der Waals surface area contributed by atoms with Crippen molar-refractivity contribution in [3.8, 4) is 5.69 Å². The van der Waals surface area contributed by atoms with E-state index in [-0.39, 0.29) is 6.03 Å². The molecule has 1 aromatic heterocycles. The number of nitrogens with zero attached hydrogens (tertiary/aromatic N) is 2. The zero-order chi connectivity index (χ0) is 21.1. The largest absolute Gasteiger partial charge is 0.339 e. The van der Waals surface area contributed by atoms with Gasteiger partial charge in [-0.2, -0.15) is 5.10 Å². The summed E-state index contributed by atoms with van der Waals surface area (Å²) in [7, 11) is 0. The molecule has 1 heterocycles. The van der Waals surface area contributed by atoms with E-state index in [2.05, 4.69) is 70.7 Å². The molecule has 2 amide bonds. The summed E-state index contributed by atoms with van der Waals surface area (Å²) < 4.78 is 2.20. The van der Waals surface area contributed by atoms with Crippen LogP contribution < -0.4 is 10.7 Å². The highest BCUT2D eigenvalue weighted by Gasteiger charge is 2.10. The molecule has 0 spiro atoms. The second kappa shape index (κ2) is 8.25. The Morgan fingerprint density at radius 3 is 2.43 bits per heavy atom. The van der Waals surface area contributed by atoms with Gasteiger partial charge in [0.25, 0.3) is 0 Å². The zero-order valence-corrected chi connectivity index (χ0v) is 17.3. The Bertz CT molecular complexity index is 1250. The molecule has 0 aliphatic heterocycles. The first-order valence-corrected chi connectivity index (χ1v) is 9.87. The smallest absolute Gasteiger partial charge is 0.318 e. The summed E-state index contributed by atoms with van der Waals surface area (Å²) in [6, 6.07) is 24.1. The van der Waals surface area contributed by atoms with Gasteiger partial charge in [-0.3, -0.25) is 0 Å². The molecule has 2 N–H and O–H groups in total. The molecule has 30 heavy (non-hydrogen) atoms. The van der Waals surface area contributed by atoms with Gasteiger partial charge < -0.3 is 9.88 Å². The average molecular weight is 396 g/mol. The second-order valence-electron chi connectivity index (χ2n) is 7.33. The summed E-state index contributed by atoms with van der Waals surface area (Å²) in [5.41, 5.74) is 8.52. The predicted octanol–water partition coefficient (Wildman–Crippen LogP) is 5.71. The van der Waals surface area contributed by atoms with Crippen molar-refractivity contribution in [3.63, 3.8) is 0 Å². The van der Waals surface area contributed by atoms with Gasteiger partial charge >= 0.3 is 6.03 Å². The lowest BCUT2D eigenvalue weighted by Crippen LogP contribution is -2.24. The SMILES string of the molecule is Cc1ccccc1NC(=O)NN=Cc1cc(C)n(-c2ccc3ccccc3c2)c1C. The molecule has 4 aromatic rings. The van der Waals surface area contributed by atoms with Crippen LogP contribution in [0.2, 0.25) is 0 Å². The van der Waals surface area contributed by atoms with Crippen molar-refractivity contribution >= 4 is 28.7 Å². The fraction of sp³-hybridized carbons (Fsp3) is 0.120. The topological polar surface area (TPSA) is 58.4 Å². The Hall–Kier alpha value is -3.86. The lowest BCUT2D eigenvalue weighted by molar-refractivity contribution is 0.252. The second-order valence-corrected chi connectivity index (χ2v) is 7.33. The monoisotopic (exact) mass is 396 g/mol. The van der Waals surface area contributed by atoms with Crippen molar-refractivity contribution in [1.82, 2.24) is 9.99 Å². The van der Waals surface area contributed by atoms with E-state index in [9.17, 15) is 4.79 Å². The van der Waals surface area contributed by atoms with Crippen molar-refractivity contribution in [1.29, 1.82) is 0 Å². The molecular formula is C25H24N4O. The molecular weight excluding hydrogens is 372 g/mol. The molecule has 0 aliphatic rings. The van der Waals surface area contributed by atoms with E-state index in [1.54, 1.807) is 6.21 Å². The number of anilines is 1. The number of carbonyl (C=O) groups is 1. The van der Waals surface area contributed by atoms with Gasteiger partial charge in [-0.05, 0) is 61.4 Å². The van der Waals surface area contributed by atoms with E-state index >= 15 is 0 Å². The van der Waals surface area contributed by atoms with E-state index in [4.69, 9.17) is 0 Å². The van der Waals surface area contributed by atoms with Crippen molar-refractivity contribution < 1.29 is 4.79 Å². The van der Waals surface area contributed by atoms with E-state index in [0.29, 0.717) is 0 Å². The minimum atomic E-state index is -0.371. The first kappa shape index (κ1) is 19.5. The van der Waals surface area contributed by atoms with Gasteiger partial charge in [-0.15, -0.1) is 0 Å². The van der Waals surface area contributed by atoms with Gasteiger partial charge in [0.15, 0.2) is 0 Å². The van der Waals surface area contributed by atoms with Crippen molar-refractivity contribution in [2.75, 3.05) is 5.32 Å².